The van der Waals surface area contributed by atoms with Crippen LogP contribution in [0, 0.1) is 5.82 Å². The first kappa shape index (κ1) is 9.08. The minimum absolute atomic E-state index is 0.213. The van der Waals surface area contributed by atoms with E-state index in [1.165, 1.54) is 11.6 Å². The Hall–Kier alpha value is -1.18. The van der Waals surface area contributed by atoms with Gasteiger partial charge in [-0.25, -0.2) is 4.39 Å². The minimum atomic E-state index is -0.296. The van der Waals surface area contributed by atoms with Crippen molar-refractivity contribution in [3.05, 3.63) is 35.1 Å². The number of carbonyl (C=O) groups excluding carboxylic acids is 1. The van der Waals surface area contributed by atoms with Gasteiger partial charge in [-0.15, -0.1) is 0 Å². The van der Waals surface area contributed by atoms with Crippen LogP contribution in [0.4, 0.5) is 4.39 Å². The lowest BCUT2D eigenvalue weighted by Gasteiger charge is -2.44. The molecular weight excluding hydrogens is 191 g/mol. The molecule has 0 N–H and O–H groups in total. The predicted octanol–water partition coefficient (Wildman–Crippen LogP) is 2.76. The van der Waals surface area contributed by atoms with Crippen LogP contribution in [-0.4, -0.2) is 5.78 Å². The monoisotopic (exact) mass is 204 g/mol. The van der Waals surface area contributed by atoms with Crippen molar-refractivity contribution in [2.75, 3.05) is 0 Å². The third kappa shape index (κ3) is 1.11. The molecule has 1 saturated carbocycles. The second kappa shape index (κ2) is 2.91. The van der Waals surface area contributed by atoms with Crippen molar-refractivity contribution in [3.8, 4) is 0 Å². The third-order valence-electron chi connectivity index (χ3n) is 3.95. The van der Waals surface area contributed by atoms with Gasteiger partial charge in [0.2, 0.25) is 0 Å². The van der Waals surface area contributed by atoms with Crippen LogP contribution in [0.3, 0.4) is 0 Å². The molecule has 2 aliphatic rings. The molecule has 0 unspecified atom stereocenters. The van der Waals surface area contributed by atoms with Crippen molar-refractivity contribution in [3.63, 3.8) is 0 Å². The highest BCUT2D eigenvalue weighted by molar-refractivity contribution is 5.93. The summed E-state index contributed by atoms with van der Waals surface area (Å²) >= 11 is 0. The predicted molar refractivity (Wildman–Crippen MR) is 55.3 cm³/mol. The first-order valence-electron chi connectivity index (χ1n) is 5.55. The number of aryl methyl sites for hydroxylation is 1. The van der Waals surface area contributed by atoms with Crippen LogP contribution in [0.2, 0.25) is 0 Å². The highest BCUT2D eigenvalue weighted by Gasteiger charge is 2.47. The second-order valence-corrected chi connectivity index (χ2v) is 4.66. The molecule has 1 nitrogen and oxygen atoms in total. The van der Waals surface area contributed by atoms with Gasteiger partial charge in [0.1, 0.15) is 11.6 Å². The summed E-state index contributed by atoms with van der Waals surface area (Å²) in [5.74, 6) is 0.113. The van der Waals surface area contributed by atoms with Gasteiger partial charge in [0, 0.05) is 6.42 Å². The average molecular weight is 204 g/mol. The number of benzene rings is 1. The van der Waals surface area contributed by atoms with Gasteiger partial charge in [0.25, 0.3) is 0 Å². The summed E-state index contributed by atoms with van der Waals surface area (Å²) in [4.78, 5) is 11.9. The van der Waals surface area contributed by atoms with Crippen molar-refractivity contribution in [1.82, 2.24) is 0 Å². The van der Waals surface area contributed by atoms with Crippen LogP contribution in [-0.2, 0) is 16.6 Å². The average Bonchev–Trinajstić information content (AvgIpc) is 2.14. The van der Waals surface area contributed by atoms with Crippen LogP contribution in [0.1, 0.15) is 36.8 Å². The zero-order valence-corrected chi connectivity index (χ0v) is 8.55. The first-order chi connectivity index (χ1) is 7.22. The molecular formula is C13H13FO. The molecule has 2 aliphatic carbocycles. The maximum absolute atomic E-state index is 13.2. The molecule has 78 valence electrons. The summed E-state index contributed by atoms with van der Waals surface area (Å²) in [5.41, 5.74) is 1.86. The van der Waals surface area contributed by atoms with Crippen LogP contribution < -0.4 is 0 Å². The molecule has 0 amide bonds. The molecule has 1 aromatic rings. The van der Waals surface area contributed by atoms with Crippen LogP contribution in [0.5, 0.6) is 0 Å². The topological polar surface area (TPSA) is 17.1 Å². The quantitative estimate of drug-likeness (QED) is 0.635. The molecule has 0 radical (unpaired) electrons. The number of rotatable bonds is 0. The maximum Gasteiger partial charge on any atom is 0.143 e. The van der Waals surface area contributed by atoms with Crippen LogP contribution in [0.25, 0.3) is 0 Å². The van der Waals surface area contributed by atoms with E-state index < -0.39 is 0 Å². The van der Waals surface area contributed by atoms with Gasteiger partial charge in [-0.3, -0.25) is 4.79 Å². The van der Waals surface area contributed by atoms with E-state index in [1.54, 1.807) is 6.07 Å². The standard InChI is InChI=1S/C13H13FO/c14-10-4-2-9-3-5-12(15)13(6-1-7-13)11(9)8-10/h2,4,8H,1,3,5-7H2. The highest BCUT2D eigenvalue weighted by Crippen LogP contribution is 2.49. The van der Waals surface area contributed by atoms with Gasteiger partial charge < -0.3 is 0 Å². The number of hydrogen-bond donors (Lipinski definition) is 0. The Bertz CT molecular complexity index is 432. The minimum Gasteiger partial charge on any atom is -0.299 e. The van der Waals surface area contributed by atoms with E-state index in [4.69, 9.17) is 0 Å². The lowest BCUT2D eigenvalue weighted by molar-refractivity contribution is -0.128. The summed E-state index contributed by atoms with van der Waals surface area (Å²) in [6.45, 7) is 0. The molecule has 0 bridgehead atoms. The Morgan fingerprint density at radius 1 is 1.20 bits per heavy atom. The van der Waals surface area contributed by atoms with Crippen molar-refractivity contribution in [2.24, 2.45) is 0 Å². The number of hydrogen-bond acceptors (Lipinski definition) is 1. The molecule has 1 aromatic carbocycles. The lowest BCUT2D eigenvalue weighted by Crippen LogP contribution is -2.45. The fraction of sp³-hybridized carbons (Fsp3) is 0.462. The fourth-order valence-corrected chi connectivity index (χ4v) is 2.93. The Balaban J connectivity index is 2.18. The van der Waals surface area contributed by atoms with Crippen LogP contribution >= 0.6 is 0 Å². The summed E-state index contributed by atoms with van der Waals surface area (Å²) in [6, 6.07) is 4.92. The largest absolute Gasteiger partial charge is 0.299 e. The van der Waals surface area contributed by atoms with Gasteiger partial charge in [-0.2, -0.15) is 0 Å². The summed E-state index contributed by atoms with van der Waals surface area (Å²) < 4.78 is 13.2. The molecule has 0 aromatic heterocycles. The second-order valence-electron chi connectivity index (χ2n) is 4.66. The van der Waals surface area contributed by atoms with Gasteiger partial charge >= 0.3 is 0 Å². The van der Waals surface area contributed by atoms with E-state index in [0.717, 1.165) is 31.2 Å². The van der Waals surface area contributed by atoms with E-state index >= 15 is 0 Å². The van der Waals surface area contributed by atoms with Crippen molar-refractivity contribution >= 4 is 5.78 Å². The Kier molecular flexibility index (Phi) is 1.76. The van der Waals surface area contributed by atoms with E-state index in [9.17, 15) is 9.18 Å². The molecule has 1 fully saturated rings. The Morgan fingerprint density at radius 3 is 2.67 bits per heavy atom. The summed E-state index contributed by atoms with van der Waals surface area (Å²) in [5, 5.41) is 0. The molecule has 2 heteroatoms. The van der Waals surface area contributed by atoms with E-state index in [2.05, 4.69) is 0 Å². The van der Waals surface area contributed by atoms with Crippen molar-refractivity contribution in [1.29, 1.82) is 0 Å². The third-order valence-corrected chi connectivity index (χ3v) is 3.95. The molecule has 3 rings (SSSR count). The molecule has 0 saturated heterocycles. The number of halogens is 1. The number of Topliss-reactive ketones (excluding diaryl/α,β-unsaturated/α-hetero) is 1. The van der Waals surface area contributed by atoms with E-state index in [0.29, 0.717) is 12.2 Å². The number of fused-ring (bicyclic) bond motifs is 2. The first-order valence-corrected chi connectivity index (χ1v) is 5.55. The zero-order valence-electron chi connectivity index (χ0n) is 8.55. The van der Waals surface area contributed by atoms with Crippen molar-refractivity contribution in [2.45, 2.75) is 37.5 Å². The fourth-order valence-electron chi connectivity index (χ4n) is 2.93. The zero-order chi connectivity index (χ0) is 10.5. The van der Waals surface area contributed by atoms with Crippen LogP contribution in [0.15, 0.2) is 18.2 Å². The molecule has 0 aliphatic heterocycles. The molecule has 0 atom stereocenters. The number of ketones is 1. The Morgan fingerprint density at radius 2 is 2.00 bits per heavy atom. The normalized spacial score (nSPS) is 22.3. The summed E-state index contributed by atoms with van der Waals surface area (Å²) in [7, 11) is 0. The lowest BCUT2D eigenvalue weighted by atomic mass is 9.57. The van der Waals surface area contributed by atoms with Gasteiger partial charge in [-0.1, -0.05) is 12.5 Å². The molecule has 0 heterocycles. The Labute approximate surface area is 88.3 Å². The van der Waals surface area contributed by atoms with E-state index in [-0.39, 0.29) is 11.2 Å². The highest BCUT2D eigenvalue weighted by atomic mass is 19.1. The van der Waals surface area contributed by atoms with Gasteiger partial charge in [0.15, 0.2) is 0 Å². The maximum atomic E-state index is 13.2. The van der Waals surface area contributed by atoms with Gasteiger partial charge in [0.05, 0.1) is 5.41 Å². The molecule has 1 spiro atoms. The summed E-state index contributed by atoms with van der Waals surface area (Å²) in [6.07, 6.45) is 4.36. The number of carbonyl (C=O) groups is 1. The SMILES string of the molecule is O=C1CCc2ccc(F)cc2C12CCC2. The van der Waals surface area contributed by atoms with Crippen molar-refractivity contribution < 1.29 is 9.18 Å². The van der Waals surface area contributed by atoms with E-state index in [1.807, 2.05) is 6.07 Å². The van der Waals surface area contributed by atoms with Gasteiger partial charge in [-0.05, 0) is 42.5 Å². The molecule has 15 heavy (non-hydrogen) atoms. The smallest absolute Gasteiger partial charge is 0.143 e.